The summed E-state index contributed by atoms with van der Waals surface area (Å²) in [5, 5.41) is 3.51. The van der Waals surface area contributed by atoms with Crippen LogP contribution in [0.3, 0.4) is 0 Å². The number of rotatable bonds is 11. The van der Waals surface area contributed by atoms with Crippen molar-refractivity contribution >= 4 is 0 Å². The molecule has 0 aliphatic carbocycles. The molecule has 0 amide bonds. The maximum atomic E-state index is 5.73. The van der Waals surface area contributed by atoms with Crippen molar-refractivity contribution in [2.75, 3.05) is 13.2 Å². The second-order valence-electron chi connectivity index (χ2n) is 6.74. The predicted octanol–water partition coefficient (Wildman–Crippen LogP) is 5.03. The summed E-state index contributed by atoms with van der Waals surface area (Å²) in [6.45, 7) is 11.9. The van der Waals surface area contributed by atoms with E-state index in [1.165, 1.54) is 24.8 Å². The minimum Gasteiger partial charge on any atom is -0.494 e. The van der Waals surface area contributed by atoms with E-state index in [0.29, 0.717) is 5.92 Å². The predicted molar refractivity (Wildman–Crippen MR) is 91.8 cm³/mol. The van der Waals surface area contributed by atoms with Gasteiger partial charge in [0.1, 0.15) is 5.75 Å². The lowest BCUT2D eigenvalue weighted by molar-refractivity contribution is 0.289. The zero-order valence-electron chi connectivity index (χ0n) is 14.3. The summed E-state index contributed by atoms with van der Waals surface area (Å²) in [5.74, 6) is 2.51. The Bertz CT molecular complexity index is 356. The fourth-order valence-electron chi connectivity index (χ4n) is 2.15. The standard InChI is InChI=1S/C19H33NO/c1-16(2)7-5-6-13-20-15-18-8-10-19(11-9-18)21-14-12-17(3)4/h8-11,16-17,20H,5-7,12-15H2,1-4H3. The topological polar surface area (TPSA) is 21.3 Å². The summed E-state index contributed by atoms with van der Waals surface area (Å²) in [6.07, 6.45) is 5.05. The normalized spacial score (nSPS) is 11.3. The Hall–Kier alpha value is -1.02. The van der Waals surface area contributed by atoms with Crippen LogP contribution in [0.25, 0.3) is 0 Å². The number of nitrogens with one attached hydrogen (secondary N) is 1. The fourth-order valence-corrected chi connectivity index (χ4v) is 2.15. The molecule has 1 aromatic carbocycles. The van der Waals surface area contributed by atoms with Gasteiger partial charge in [-0.2, -0.15) is 0 Å². The first-order chi connectivity index (χ1) is 10.1. The van der Waals surface area contributed by atoms with Crippen LogP contribution in [0, 0.1) is 11.8 Å². The average molecular weight is 291 g/mol. The zero-order valence-corrected chi connectivity index (χ0v) is 14.3. The van der Waals surface area contributed by atoms with Crippen LogP contribution in [0.2, 0.25) is 0 Å². The van der Waals surface area contributed by atoms with Crippen LogP contribution in [-0.4, -0.2) is 13.2 Å². The smallest absolute Gasteiger partial charge is 0.119 e. The molecule has 1 rings (SSSR count). The number of hydrogen-bond acceptors (Lipinski definition) is 2. The SMILES string of the molecule is CC(C)CCCCNCc1ccc(OCCC(C)C)cc1. The Kier molecular flexibility index (Phi) is 9.16. The highest BCUT2D eigenvalue weighted by atomic mass is 16.5. The summed E-state index contributed by atoms with van der Waals surface area (Å²) in [5.41, 5.74) is 1.33. The van der Waals surface area contributed by atoms with E-state index in [0.717, 1.165) is 37.8 Å². The molecule has 0 heterocycles. The lowest BCUT2D eigenvalue weighted by atomic mass is 10.1. The van der Waals surface area contributed by atoms with E-state index in [1.54, 1.807) is 0 Å². The zero-order chi connectivity index (χ0) is 15.5. The van der Waals surface area contributed by atoms with Gasteiger partial charge < -0.3 is 10.1 Å². The van der Waals surface area contributed by atoms with Gasteiger partial charge in [0.15, 0.2) is 0 Å². The van der Waals surface area contributed by atoms with Crippen LogP contribution < -0.4 is 10.1 Å². The molecule has 0 spiro atoms. The Morgan fingerprint density at radius 3 is 2.19 bits per heavy atom. The molecule has 0 radical (unpaired) electrons. The lowest BCUT2D eigenvalue weighted by Gasteiger charge is -2.09. The summed E-state index contributed by atoms with van der Waals surface area (Å²) in [7, 11) is 0. The van der Waals surface area contributed by atoms with Gasteiger partial charge >= 0.3 is 0 Å². The first kappa shape index (κ1) is 18.0. The summed E-state index contributed by atoms with van der Waals surface area (Å²) in [4.78, 5) is 0. The maximum Gasteiger partial charge on any atom is 0.119 e. The van der Waals surface area contributed by atoms with Crippen LogP contribution in [0.5, 0.6) is 5.75 Å². The van der Waals surface area contributed by atoms with E-state index in [1.807, 2.05) is 0 Å². The Labute approximate surface area is 131 Å². The lowest BCUT2D eigenvalue weighted by Crippen LogP contribution is -2.14. The van der Waals surface area contributed by atoms with Crippen molar-refractivity contribution in [3.05, 3.63) is 29.8 Å². The van der Waals surface area contributed by atoms with Gasteiger partial charge in [-0.05, 0) is 48.9 Å². The van der Waals surface area contributed by atoms with Crippen molar-refractivity contribution in [3.8, 4) is 5.75 Å². The summed E-state index contributed by atoms with van der Waals surface area (Å²) >= 11 is 0. The highest BCUT2D eigenvalue weighted by molar-refractivity contribution is 5.27. The molecule has 2 heteroatoms. The van der Waals surface area contributed by atoms with Gasteiger partial charge in [0.2, 0.25) is 0 Å². The van der Waals surface area contributed by atoms with E-state index in [9.17, 15) is 0 Å². The van der Waals surface area contributed by atoms with Crippen molar-refractivity contribution in [1.82, 2.24) is 5.32 Å². The van der Waals surface area contributed by atoms with Crippen LogP contribution >= 0.6 is 0 Å². The minimum absolute atomic E-state index is 0.698. The molecule has 2 nitrogen and oxygen atoms in total. The van der Waals surface area contributed by atoms with Gasteiger partial charge in [-0.15, -0.1) is 0 Å². The molecule has 0 fully saturated rings. The maximum absolute atomic E-state index is 5.73. The van der Waals surface area contributed by atoms with Gasteiger partial charge in [-0.25, -0.2) is 0 Å². The molecule has 0 aromatic heterocycles. The highest BCUT2D eigenvalue weighted by Gasteiger charge is 1.98. The van der Waals surface area contributed by atoms with Crippen molar-refractivity contribution < 1.29 is 4.74 Å². The Morgan fingerprint density at radius 1 is 0.905 bits per heavy atom. The quantitative estimate of drug-likeness (QED) is 0.577. The van der Waals surface area contributed by atoms with Crippen molar-refractivity contribution in [1.29, 1.82) is 0 Å². The van der Waals surface area contributed by atoms with E-state index in [2.05, 4.69) is 57.3 Å². The van der Waals surface area contributed by atoms with Crippen LogP contribution in [0.4, 0.5) is 0 Å². The van der Waals surface area contributed by atoms with E-state index < -0.39 is 0 Å². The molecule has 120 valence electrons. The number of hydrogen-bond donors (Lipinski definition) is 1. The van der Waals surface area contributed by atoms with Crippen LogP contribution in [-0.2, 0) is 6.54 Å². The number of ether oxygens (including phenoxy) is 1. The van der Waals surface area contributed by atoms with Crippen LogP contribution in [0.1, 0.15) is 58.9 Å². The Morgan fingerprint density at radius 2 is 1.57 bits per heavy atom. The first-order valence-corrected chi connectivity index (χ1v) is 8.50. The van der Waals surface area contributed by atoms with E-state index in [4.69, 9.17) is 4.74 Å². The highest BCUT2D eigenvalue weighted by Crippen LogP contribution is 2.13. The van der Waals surface area contributed by atoms with Gasteiger partial charge in [0.05, 0.1) is 6.61 Å². The van der Waals surface area contributed by atoms with Gasteiger partial charge in [-0.1, -0.05) is 52.7 Å². The van der Waals surface area contributed by atoms with Crippen molar-refractivity contribution in [2.24, 2.45) is 11.8 Å². The second kappa shape index (κ2) is 10.7. The molecule has 1 aromatic rings. The van der Waals surface area contributed by atoms with E-state index >= 15 is 0 Å². The molecule has 0 saturated carbocycles. The molecule has 0 aliphatic heterocycles. The minimum atomic E-state index is 0.698. The van der Waals surface area contributed by atoms with E-state index in [-0.39, 0.29) is 0 Å². The van der Waals surface area contributed by atoms with Crippen LogP contribution in [0.15, 0.2) is 24.3 Å². The fraction of sp³-hybridized carbons (Fsp3) is 0.684. The summed E-state index contributed by atoms with van der Waals surface area (Å²) < 4.78 is 5.73. The monoisotopic (exact) mass is 291 g/mol. The molecule has 21 heavy (non-hydrogen) atoms. The molecule has 0 saturated heterocycles. The number of benzene rings is 1. The molecular formula is C19H33NO. The molecule has 0 bridgehead atoms. The van der Waals surface area contributed by atoms with Gasteiger partial charge in [0, 0.05) is 6.54 Å². The Balaban J connectivity index is 2.13. The molecule has 0 aliphatic rings. The van der Waals surface area contributed by atoms with Gasteiger partial charge in [-0.3, -0.25) is 0 Å². The molecule has 0 atom stereocenters. The molecule has 0 unspecified atom stereocenters. The molecule has 1 N–H and O–H groups in total. The third-order valence-corrected chi connectivity index (χ3v) is 3.60. The second-order valence-corrected chi connectivity index (χ2v) is 6.74. The largest absolute Gasteiger partial charge is 0.494 e. The average Bonchev–Trinajstić information content (AvgIpc) is 2.43. The van der Waals surface area contributed by atoms with Crippen molar-refractivity contribution in [3.63, 3.8) is 0 Å². The first-order valence-electron chi connectivity index (χ1n) is 8.50. The third kappa shape index (κ3) is 9.52. The summed E-state index contributed by atoms with van der Waals surface area (Å²) in [6, 6.07) is 8.48. The molecular weight excluding hydrogens is 258 g/mol. The number of unbranched alkanes of at least 4 members (excludes halogenated alkanes) is 1. The van der Waals surface area contributed by atoms with Gasteiger partial charge in [0.25, 0.3) is 0 Å². The third-order valence-electron chi connectivity index (χ3n) is 3.60. The van der Waals surface area contributed by atoms with Crippen molar-refractivity contribution in [2.45, 2.75) is 59.9 Å².